The number of rotatable bonds is 9. The Balaban J connectivity index is 2.34. The molecule has 0 aliphatic rings. The van der Waals surface area contributed by atoms with Crippen molar-refractivity contribution in [2.75, 3.05) is 19.0 Å². The van der Waals surface area contributed by atoms with Crippen LogP contribution in [0, 0.1) is 0 Å². The predicted octanol–water partition coefficient (Wildman–Crippen LogP) is 4.37. The standard InChI is InChI=1S/C17H23ClN2O2S/c1-3-5-11-23-17-19-15-12-13(18)7-8-14(15)16(21)20(17)9-6-10-22-4-2/h7-8,12H,3-6,9-11H2,1-2H3. The number of aromatic nitrogens is 2. The van der Waals surface area contributed by atoms with Gasteiger partial charge in [0.1, 0.15) is 0 Å². The van der Waals surface area contributed by atoms with Gasteiger partial charge in [-0.05, 0) is 38.0 Å². The summed E-state index contributed by atoms with van der Waals surface area (Å²) in [6.07, 6.45) is 3.03. The molecule has 4 nitrogen and oxygen atoms in total. The quantitative estimate of drug-likeness (QED) is 0.381. The van der Waals surface area contributed by atoms with Crippen LogP contribution in [0.15, 0.2) is 28.2 Å². The Morgan fingerprint density at radius 2 is 2.13 bits per heavy atom. The molecule has 0 spiro atoms. The number of hydrogen-bond acceptors (Lipinski definition) is 4. The molecular weight excluding hydrogens is 332 g/mol. The minimum atomic E-state index is 0.00200. The molecule has 0 atom stereocenters. The Morgan fingerprint density at radius 3 is 2.87 bits per heavy atom. The number of ether oxygens (including phenoxy) is 1. The number of hydrogen-bond donors (Lipinski definition) is 0. The molecule has 0 aliphatic heterocycles. The summed E-state index contributed by atoms with van der Waals surface area (Å²) < 4.78 is 7.15. The van der Waals surface area contributed by atoms with Gasteiger partial charge in [0.2, 0.25) is 0 Å². The molecule has 6 heteroatoms. The van der Waals surface area contributed by atoms with Crippen LogP contribution in [0.5, 0.6) is 0 Å². The molecule has 0 saturated carbocycles. The molecule has 0 amide bonds. The lowest BCUT2D eigenvalue weighted by atomic mass is 10.2. The van der Waals surface area contributed by atoms with Gasteiger partial charge in [-0.2, -0.15) is 0 Å². The normalized spacial score (nSPS) is 11.3. The lowest BCUT2D eigenvalue weighted by Gasteiger charge is -2.13. The molecule has 0 bridgehead atoms. The molecule has 1 aromatic heterocycles. The molecule has 126 valence electrons. The fraction of sp³-hybridized carbons (Fsp3) is 0.529. The second-order valence-corrected chi connectivity index (χ2v) is 6.76. The van der Waals surface area contributed by atoms with Gasteiger partial charge in [-0.15, -0.1) is 0 Å². The van der Waals surface area contributed by atoms with Crippen LogP contribution in [0.25, 0.3) is 10.9 Å². The zero-order valence-corrected chi connectivity index (χ0v) is 15.3. The maximum absolute atomic E-state index is 12.8. The summed E-state index contributed by atoms with van der Waals surface area (Å²) in [7, 11) is 0. The van der Waals surface area contributed by atoms with Crippen molar-refractivity contribution in [1.29, 1.82) is 0 Å². The lowest BCUT2D eigenvalue weighted by molar-refractivity contribution is 0.140. The van der Waals surface area contributed by atoms with E-state index < -0.39 is 0 Å². The molecule has 0 N–H and O–H groups in total. The highest BCUT2D eigenvalue weighted by molar-refractivity contribution is 7.99. The summed E-state index contributed by atoms with van der Waals surface area (Å²) in [5, 5.41) is 1.99. The molecular formula is C17H23ClN2O2S. The number of nitrogens with zero attached hydrogens (tertiary/aromatic N) is 2. The fourth-order valence-corrected chi connectivity index (χ4v) is 3.53. The smallest absolute Gasteiger partial charge is 0.262 e. The second-order valence-electron chi connectivity index (χ2n) is 5.27. The van der Waals surface area contributed by atoms with Crippen molar-refractivity contribution in [2.24, 2.45) is 0 Å². The first kappa shape index (κ1) is 18.3. The molecule has 0 saturated heterocycles. The van der Waals surface area contributed by atoms with Crippen molar-refractivity contribution in [3.05, 3.63) is 33.6 Å². The number of benzene rings is 1. The Morgan fingerprint density at radius 1 is 1.30 bits per heavy atom. The van der Waals surface area contributed by atoms with E-state index in [1.807, 2.05) is 6.92 Å². The van der Waals surface area contributed by atoms with Crippen molar-refractivity contribution >= 4 is 34.3 Å². The van der Waals surface area contributed by atoms with Crippen LogP contribution >= 0.6 is 23.4 Å². The van der Waals surface area contributed by atoms with Crippen LogP contribution in [0.1, 0.15) is 33.1 Å². The maximum Gasteiger partial charge on any atom is 0.262 e. The van der Waals surface area contributed by atoms with Crippen LogP contribution in [0.2, 0.25) is 5.02 Å². The maximum atomic E-state index is 12.8. The highest BCUT2D eigenvalue weighted by Gasteiger charge is 2.11. The first-order valence-electron chi connectivity index (χ1n) is 8.08. The van der Waals surface area contributed by atoms with E-state index >= 15 is 0 Å². The van der Waals surface area contributed by atoms with Crippen molar-refractivity contribution in [3.63, 3.8) is 0 Å². The van der Waals surface area contributed by atoms with Gasteiger partial charge >= 0.3 is 0 Å². The van der Waals surface area contributed by atoms with E-state index in [0.29, 0.717) is 35.7 Å². The molecule has 2 rings (SSSR count). The first-order valence-corrected chi connectivity index (χ1v) is 9.44. The summed E-state index contributed by atoms with van der Waals surface area (Å²) in [6, 6.07) is 5.25. The van der Waals surface area contributed by atoms with E-state index in [4.69, 9.17) is 16.3 Å². The van der Waals surface area contributed by atoms with E-state index in [1.165, 1.54) is 0 Å². The summed E-state index contributed by atoms with van der Waals surface area (Å²) in [5.41, 5.74) is 0.671. The molecule has 0 radical (unpaired) electrons. The van der Waals surface area contributed by atoms with E-state index in [9.17, 15) is 4.79 Å². The average molecular weight is 355 g/mol. The predicted molar refractivity (Wildman–Crippen MR) is 97.8 cm³/mol. The highest BCUT2D eigenvalue weighted by atomic mass is 35.5. The van der Waals surface area contributed by atoms with Gasteiger partial charge in [0.25, 0.3) is 5.56 Å². The summed E-state index contributed by atoms with van der Waals surface area (Å²) in [4.78, 5) is 17.5. The Labute approximate surface area is 146 Å². The third-order valence-electron chi connectivity index (χ3n) is 3.49. The molecule has 0 fully saturated rings. The van der Waals surface area contributed by atoms with E-state index in [1.54, 1.807) is 34.5 Å². The molecule has 2 aromatic rings. The van der Waals surface area contributed by atoms with Gasteiger partial charge < -0.3 is 4.74 Å². The minimum Gasteiger partial charge on any atom is -0.382 e. The van der Waals surface area contributed by atoms with Crippen molar-refractivity contribution in [1.82, 2.24) is 9.55 Å². The van der Waals surface area contributed by atoms with Gasteiger partial charge in [-0.3, -0.25) is 9.36 Å². The van der Waals surface area contributed by atoms with E-state index in [0.717, 1.165) is 30.2 Å². The largest absolute Gasteiger partial charge is 0.382 e. The molecule has 23 heavy (non-hydrogen) atoms. The third kappa shape index (κ3) is 4.96. The van der Waals surface area contributed by atoms with Gasteiger partial charge in [-0.25, -0.2) is 4.98 Å². The number of halogens is 1. The zero-order valence-electron chi connectivity index (χ0n) is 13.7. The second kappa shape index (κ2) is 9.30. The van der Waals surface area contributed by atoms with E-state index in [2.05, 4.69) is 11.9 Å². The number of unbranched alkanes of at least 4 members (excludes halogenated alkanes) is 1. The average Bonchev–Trinajstić information content (AvgIpc) is 2.53. The fourth-order valence-electron chi connectivity index (χ4n) is 2.26. The molecule has 0 aliphatic carbocycles. The zero-order chi connectivity index (χ0) is 16.7. The van der Waals surface area contributed by atoms with Crippen LogP contribution in [-0.2, 0) is 11.3 Å². The molecule has 1 aromatic carbocycles. The van der Waals surface area contributed by atoms with Crippen LogP contribution in [-0.4, -0.2) is 28.5 Å². The van der Waals surface area contributed by atoms with Gasteiger partial charge in [0.15, 0.2) is 5.16 Å². The van der Waals surface area contributed by atoms with Gasteiger partial charge in [-0.1, -0.05) is 36.7 Å². The summed E-state index contributed by atoms with van der Waals surface area (Å²) in [5.74, 6) is 0.959. The van der Waals surface area contributed by atoms with Gasteiger partial charge in [0.05, 0.1) is 10.9 Å². The number of thioether (sulfide) groups is 1. The van der Waals surface area contributed by atoms with Crippen LogP contribution in [0.4, 0.5) is 0 Å². The SMILES string of the molecule is CCCCSc1nc2cc(Cl)ccc2c(=O)n1CCCOCC. The Hall–Kier alpha value is -1.04. The highest BCUT2D eigenvalue weighted by Crippen LogP contribution is 2.21. The van der Waals surface area contributed by atoms with Crippen LogP contribution in [0.3, 0.4) is 0 Å². The Kier molecular flexibility index (Phi) is 7.40. The third-order valence-corrected chi connectivity index (χ3v) is 4.78. The summed E-state index contributed by atoms with van der Waals surface area (Å²) >= 11 is 7.67. The molecule has 0 unspecified atom stereocenters. The first-order chi connectivity index (χ1) is 11.2. The van der Waals surface area contributed by atoms with Crippen molar-refractivity contribution < 1.29 is 4.74 Å². The van der Waals surface area contributed by atoms with Crippen molar-refractivity contribution in [3.8, 4) is 0 Å². The Bertz CT molecular complexity index is 703. The molecule has 1 heterocycles. The van der Waals surface area contributed by atoms with Crippen molar-refractivity contribution in [2.45, 2.75) is 44.8 Å². The van der Waals surface area contributed by atoms with E-state index in [-0.39, 0.29) is 5.56 Å². The number of fused-ring (bicyclic) bond motifs is 1. The topological polar surface area (TPSA) is 44.1 Å². The monoisotopic (exact) mass is 354 g/mol. The van der Waals surface area contributed by atoms with Gasteiger partial charge in [0, 0.05) is 30.5 Å². The minimum absolute atomic E-state index is 0.00200. The summed E-state index contributed by atoms with van der Waals surface area (Å²) in [6.45, 7) is 6.10. The lowest BCUT2D eigenvalue weighted by Crippen LogP contribution is -2.24. The van der Waals surface area contributed by atoms with Crippen LogP contribution < -0.4 is 5.56 Å².